The fourth-order valence-corrected chi connectivity index (χ4v) is 4.20. The lowest BCUT2D eigenvalue weighted by atomic mass is 10.1. The first-order valence-corrected chi connectivity index (χ1v) is 9.43. The molecular formula is C20H18ClNO2S. The SMILES string of the molecule is NCCCOCC1=CC=C2C=CC=c3oc4ccc(Cl)cc4c3=C2S1. The molecule has 128 valence electrons. The second-order valence-electron chi connectivity index (χ2n) is 5.89. The van der Waals surface area contributed by atoms with Gasteiger partial charge in [-0.25, -0.2) is 0 Å². The van der Waals surface area contributed by atoms with E-state index in [1.807, 2.05) is 30.4 Å². The Labute approximate surface area is 155 Å². The Balaban J connectivity index is 1.79. The van der Waals surface area contributed by atoms with Gasteiger partial charge in [0.15, 0.2) is 0 Å². The number of thioether (sulfide) groups is 1. The first-order chi connectivity index (χ1) is 12.3. The zero-order valence-corrected chi connectivity index (χ0v) is 15.2. The summed E-state index contributed by atoms with van der Waals surface area (Å²) >= 11 is 7.95. The quantitative estimate of drug-likeness (QED) is 0.817. The molecular weight excluding hydrogens is 354 g/mol. The van der Waals surface area contributed by atoms with Crippen LogP contribution in [0.15, 0.2) is 57.4 Å². The van der Waals surface area contributed by atoms with E-state index in [-0.39, 0.29) is 0 Å². The Kier molecular flexibility index (Phi) is 4.86. The van der Waals surface area contributed by atoms with Crippen LogP contribution in [-0.2, 0) is 4.74 Å². The molecule has 0 fully saturated rings. The minimum atomic E-state index is 0.594. The smallest absolute Gasteiger partial charge is 0.136 e. The van der Waals surface area contributed by atoms with E-state index in [0.717, 1.165) is 28.0 Å². The van der Waals surface area contributed by atoms with Crippen LogP contribution in [0.3, 0.4) is 0 Å². The highest BCUT2D eigenvalue weighted by molar-refractivity contribution is 8.11. The van der Waals surface area contributed by atoms with E-state index in [0.29, 0.717) is 24.8 Å². The van der Waals surface area contributed by atoms with Crippen molar-refractivity contribution in [2.75, 3.05) is 19.8 Å². The van der Waals surface area contributed by atoms with E-state index in [1.54, 1.807) is 11.8 Å². The van der Waals surface area contributed by atoms with Crippen LogP contribution in [0.2, 0.25) is 5.02 Å². The zero-order valence-electron chi connectivity index (χ0n) is 13.6. The molecule has 0 unspecified atom stereocenters. The summed E-state index contributed by atoms with van der Waals surface area (Å²) in [6.45, 7) is 1.93. The van der Waals surface area contributed by atoms with Crippen molar-refractivity contribution in [3.05, 3.63) is 68.6 Å². The number of rotatable bonds is 5. The predicted molar refractivity (Wildman–Crippen MR) is 106 cm³/mol. The van der Waals surface area contributed by atoms with Crippen molar-refractivity contribution in [2.24, 2.45) is 5.73 Å². The van der Waals surface area contributed by atoms with Gasteiger partial charge in [-0.15, -0.1) is 0 Å². The minimum Gasteiger partial charge on any atom is -0.456 e. The second kappa shape index (κ2) is 7.26. The number of furan rings is 1. The summed E-state index contributed by atoms with van der Waals surface area (Å²) in [6.07, 6.45) is 11.3. The monoisotopic (exact) mass is 371 g/mol. The molecule has 1 aromatic carbocycles. The molecule has 4 rings (SSSR count). The van der Waals surface area contributed by atoms with Gasteiger partial charge in [0.1, 0.15) is 11.0 Å². The molecule has 1 aliphatic carbocycles. The molecule has 0 spiro atoms. The van der Waals surface area contributed by atoms with Crippen LogP contribution >= 0.6 is 23.4 Å². The maximum Gasteiger partial charge on any atom is 0.136 e. The van der Waals surface area contributed by atoms with Crippen molar-refractivity contribution in [1.29, 1.82) is 0 Å². The first-order valence-electron chi connectivity index (χ1n) is 8.24. The molecule has 0 saturated carbocycles. The molecule has 25 heavy (non-hydrogen) atoms. The third-order valence-electron chi connectivity index (χ3n) is 4.11. The summed E-state index contributed by atoms with van der Waals surface area (Å²) in [5.41, 5.74) is 8.40. The van der Waals surface area contributed by atoms with E-state index in [1.165, 1.54) is 15.4 Å². The van der Waals surface area contributed by atoms with Crippen LogP contribution in [0, 0.1) is 0 Å². The van der Waals surface area contributed by atoms with Gasteiger partial charge in [0.05, 0.1) is 6.61 Å². The van der Waals surface area contributed by atoms with Gasteiger partial charge in [0, 0.05) is 32.0 Å². The van der Waals surface area contributed by atoms with E-state index in [9.17, 15) is 0 Å². The molecule has 5 heteroatoms. The van der Waals surface area contributed by atoms with Crippen molar-refractivity contribution >= 4 is 45.3 Å². The Morgan fingerprint density at radius 2 is 2.12 bits per heavy atom. The second-order valence-corrected chi connectivity index (χ2v) is 7.46. The highest BCUT2D eigenvalue weighted by atomic mass is 35.5. The van der Waals surface area contributed by atoms with Gasteiger partial charge in [-0.2, -0.15) is 0 Å². The van der Waals surface area contributed by atoms with Gasteiger partial charge >= 0.3 is 0 Å². The number of benzene rings is 1. The predicted octanol–water partition coefficient (Wildman–Crippen LogP) is 3.47. The Morgan fingerprint density at radius 1 is 1.20 bits per heavy atom. The number of hydrogen-bond acceptors (Lipinski definition) is 4. The van der Waals surface area contributed by atoms with E-state index in [4.69, 9.17) is 26.5 Å². The molecule has 1 aliphatic heterocycles. The van der Waals surface area contributed by atoms with Gasteiger partial charge in [-0.1, -0.05) is 41.6 Å². The molecule has 1 aromatic heterocycles. The summed E-state index contributed by atoms with van der Waals surface area (Å²) in [6, 6.07) is 5.75. The van der Waals surface area contributed by atoms with Crippen LogP contribution < -0.4 is 16.4 Å². The van der Waals surface area contributed by atoms with Crippen LogP contribution in [0.25, 0.3) is 22.0 Å². The summed E-state index contributed by atoms with van der Waals surface area (Å²) in [4.78, 5) is 2.36. The molecule has 0 amide bonds. The number of fused-ring (bicyclic) bond motifs is 4. The summed E-state index contributed by atoms with van der Waals surface area (Å²) in [5.74, 6) is 0. The van der Waals surface area contributed by atoms with Crippen molar-refractivity contribution in [2.45, 2.75) is 6.42 Å². The topological polar surface area (TPSA) is 48.4 Å². The van der Waals surface area contributed by atoms with Gasteiger partial charge < -0.3 is 14.9 Å². The molecule has 2 aromatic rings. The summed E-state index contributed by atoms with van der Waals surface area (Å²) < 4.78 is 11.7. The van der Waals surface area contributed by atoms with Crippen molar-refractivity contribution in [1.82, 2.24) is 0 Å². The molecule has 0 saturated heterocycles. The van der Waals surface area contributed by atoms with E-state index < -0.39 is 0 Å². The Morgan fingerprint density at radius 3 is 3.00 bits per heavy atom. The molecule has 2 aliphatic rings. The fraction of sp³-hybridized carbons (Fsp3) is 0.200. The molecule has 0 atom stereocenters. The number of allylic oxidation sites excluding steroid dienone is 4. The normalized spacial score (nSPS) is 16.0. The highest BCUT2D eigenvalue weighted by Crippen LogP contribution is 2.37. The Bertz CT molecular complexity index is 1030. The number of hydrogen-bond donors (Lipinski definition) is 1. The molecule has 0 radical (unpaired) electrons. The van der Waals surface area contributed by atoms with Crippen LogP contribution in [0.1, 0.15) is 6.42 Å². The van der Waals surface area contributed by atoms with E-state index in [2.05, 4.69) is 18.2 Å². The molecule has 2 heterocycles. The maximum absolute atomic E-state index is 6.22. The van der Waals surface area contributed by atoms with Crippen LogP contribution in [0.5, 0.6) is 0 Å². The summed E-state index contributed by atoms with van der Waals surface area (Å²) in [5, 5.41) is 2.86. The summed E-state index contributed by atoms with van der Waals surface area (Å²) in [7, 11) is 0. The lowest BCUT2D eigenvalue weighted by Crippen LogP contribution is -2.22. The van der Waals surface area contributed by atoms with Gasteiger partial charge in [0.2, 0.25) is 0 Å². The third kappa shape index (κ3) is 3.35. The van der Waals surface area contributed by atoms with Gasteiger partial charge in [0.25, 0.3) is 0 Å². The highest BCUT2D eigenvalue weighted by Gasteiger charge is 2.18. The average molecular weight is 372 g/mol. The van der Waals surface area contributed by atoms with Crippen molar-refractivity contribution in [3.63, 3.8) is 0 Å². The average Bonchev–Trinajstić information content (AvgIpc) is 2.86. The fourth-order valence-electron chi connectivity index (χ4n) is 2.92. The van der Waals surface area contributed by atoms with Gasteiger partial charge in [-0.3, -0.25) is 0 Å². The number of nitrogens with two attached hydrogens (primary N) is 1. The lowest BCUT2D eigenvalue weighted by molar-refractivity contribution is 0.159. The first kappa shape index (κ1) is 16.7. The largest absolute Gasteiger partial charge is 0.456 e. The van der Waals surface area contributed by atoms with E-state index >= 15 is 0 Å². The third-order valence-corrected chi connectivity index (χ3v) is 5.50. The standard InChI is InChI=1S/C20H18ClNO2S/c21-14-6-8-17-16(11-14)19-18(24-17)4-1-3-13-5-7-15(25-20(13)19)12-23-10-2-9-22/h1,3-8,11H,2,9-10,12,22H2. The zero-order chi connectivity index (χ0) is 17.2. The Hall–Kier alpha value is -1.72. The molecule has 2 N–H and O–H groups in total. The maximum atomic E-state index is 6.22. The minimum absolute atomic E-state index is 0.594. The number of halogens is 1. The molecule has 3 nitrogen and oxygen atoms in total. The number of ether oxygens (including phenoxy) is 1. The van der Waals surface area contributed by atoms with Crippen molar-refractivity contribution < 1.29 is 9.15 Å². The molecule has 0 bridgehead atoms. The van der Waals surface area contributed by atoms with Crippen LogP contribution in [0.4, 0.5) is 0 Å². The van der Waals surface area contributed by atoms with Crippen molar-refractivity contribution in [3.8, 4) is 0 Å². The van der Waals surface area contributed by atoms with Gasteiger partial charge in [-0.05, 0) is 48.9 Å². The lowest BCUT2D eigenvalue weighted by Gasteiger charge is -2.15. The van der Waals surface area contributed by atoms with Crippen LogP contribution in [-0.4, -0.2) is 19.8 Å².